The minimum atomic E-state index is -0.826. The van der Waals surface area contributed by atoms with E-state index in [2.05, 4.69) is 119 Å². The van der Waals surface area contributed by atoms with E-state index in [1.54, 1.807) is 0 Å². The van der Waals surface area contributed by atoms with Crippen molar-refractivity contribution >= 4 is 53.3 Å². The number of benzene rings is 3. The number of rotatable bonds is 1. The summed E-state index contributed by atoms with van der Waals surface area (Å²) < 4.78 is 0. The Hall–Kier alpha value is -1.44. The van der Waals surface area contributed by atoms with Gasteiger partial charge in [-0.2, -0.15) is 12.1 Å². The maximum atomic E-state index is 4.93. The van der Waals surface area contributed by atoms with Crippen molar-refractivity contribution in [2.75, 3.05) is 0 Å². The van der Waals surface area contributed by atoms with Gasteiger partial charge in [-0.3, -0.25) is 0 Å². The first-order chi connectivity index (χ1) is 15.9. The Balaban J connectivity index is 0.000000167. The van der Waals surface area contributed by atoms with E-state index in [0.29, 0.717) is 0 Å². The summed E-state index contributed by atoms with van der Waals surface area (Å²) in [6.45, 7) is 10.8. The molecule has 5 aromatic carbocycles. The van der Waals surface area contributed by atoms with E-state index in [0.717, 1.165) is 9.52 Å². The molecule has 5 aromatic rings. The Morgan fingerprint density at radius 3 is 1.39 bits per heavy atom. The third-order valence-electron chi connectivity index (χ3n) is 5.29. The number of hydrogen-bond donors (Lipinski definition) is 0. The van der Waals surface area contributed by atoms with Gasteiger partial charge < -0.3 is 0 Å². The van der Waals surface area contributed by atoms with Crippen LogP contribution in [0.3, 0.4) is 0 Å². The van der Waals surface area contributed by atoms with Crippen LogP contribution in [-0.2, 0) is 20.8 Å². The van der Waals surface area contributed by atoms with E-state index in [4.69, 9.17) is 17.0 Å². The standard InChI is InChI=1S/2C11H11.C7H8Si.2ClH.Zr/c2*1-8-6-10-5-3-4-9(2)11(10)7-8;1-8-7-5-3-2-4-6-7;;;/h2*3-7H,1-2H3;2-6H,1H3;2*1H;/q2*-1;;;;+4/p-2. The zero-order valence-electron chi connectivity index (χ0n) is 19.9. The molecule has 4 heteroatoms. The summed E-state index contributed by atoms with van der Waals surface area (Å²) >= 11 is -0.826. The molecule has 0 heterocycles. The Kier molecular flexibility index (Phi) is 12.4. The van der Waals surface area contributed by atoms with Gasteiger partial charge in [0.1, 0.15) is 0 Å². The average Bonchev–Trinajstić information content (AvgIpc) is 3.39. The summed E-state index contributed by atoms with van der Waals surface area (Å²) in [4.78, 5) is 0. The molecule has 0 aliphatic rings. The van der Waals surface area contributed by atoms with Gasteiger partial charge in [0.15, 0.2) is 0 Å². The zero-order chi connectivity index (χ0) is 24.2. The summed E-state index contributed by atoms with van der Waals surface area (Å²) in [5.74, 6) is 0. The molecule has 0 aliphatic carbocycles. The maximum absolute atomic E-state index is 4.93. The van der Waals surface area contributed by atoms with E-state index < -0.39 is 20.8 Å². The molecule has 0 N–H and O–H groups in total. The molecule has 5 rings (SSSR count). The molecule has 0 spiro atoms. The molecule has 0 amide bonds. The van der Waals surface area contributed by atoms with Crippen molar-refractivity contribution in [1.29, 1.82) is 0 Å². The van der Waals surface area contributed by atoms with Crippen LogP contribution in [0.25, 0.3) is 21.5 Å². The SMILES string of the molecule is C[Si]c1ccccc1.Cc1cc2c(C)cccc2[cH-]1.Cc1cc2c(C)cccc2[cH-]1.[Cl][Zr+2][Cl]. The van der Waals surface area contributed by atoms with Crippen LogP contribution in [0.5, 0.6) is 0 Å². The second-order valence-electron chi connectivity index (χ2n) is 7.91. The molecule has 0 unspecified atom stereocenters. The molecule has 0 bridgehead atoms. The van der Waals surface area contributed by atoms with Crippen LogP contribution in [-0.4, -0.2) is 9.52 Å². The molecule has 0 atom stereocenters. The monoisotopic (exact) mass is 566 g/mol. The number of aryl methyl sites for hydroxylation is 4. The molecule has 0 saturated carbocycles. The van der Waals surface area contributed by atoms with E-state index in [1.165, 1.54) is 49.0 Å². The molecule has 33 heavy (non-hydrogen) atoms. The number of fused-ring (bicyclic) bond motifs is 2. The van der Waals surface area contributed by atoms with Gasteiger partial charge in [0, 0.05) is 0 Å². The van der Waals surface area contributed by atoms with E-state index >= 15 is 0 Å². The summed E-state index contributed by atoms with van der Waals surface area (Å²) in [5.41, 5.74) is 5.45. The summed E-state index contributed by atoms with van der Waals surface area (Å²) in [7, 11) is 10.8. The second-order valence-corrected chi connectivity index (χ2v) is 12.7. The van der Waals surface area contributed by atoms with Crippen molar-refractivity contribution in [3.05, 3.63) is 113 Å². The fourth-order valence-corrected chi connectivity index (χ4v) is 4.21. The van der Waals surface area contributed by atoms with E-state index in [9.17, 15) is 0 Å². The van der Waals surface area contributed by atoms with Crippen LogP contribution in [0.4, 0.5) is 0 Å². The van der Waals surface area contributed by atoms with Crippen molar-refractivity contribution in [3.8, 4) is 0 Å². The molecule has 168 valence electrons. The summed E-state index contributed by atoms with van der Waals surface area (Å²) in [6.07, 6.45) is 0. The van der Waals surface area contributed by atoms with Gasteiger partial charge >= 0.3 is 37.9 Å². The topological polar surface area (TPSA) is 0 Å². The molecule has 0 saturated heterocycles. The van der Waals surface area contributed by atoms with Crippen LogP contribution in [0, 0.1) is 27.7 Å². The Labute approximate surface area is 220 Å². The third kappa shape index (κ3) is 9.02. The normalized spacial score (nSPS) is 9.67. The van der Waals surface area contributed by atoms with Gasteiger partial charge in [-0.15, -0.1) is 69.1 Å². The number of hydrogen-bond acceptors (Lipinski definition) is 0. The third-order valence-corrected chi connectivity index (χ3v) is 6.20. The van der Waals surface area contributed by atoms with Crippen molar-refractivity contribution in [3.63, 3.8) is 0 Å². The fourth-order valence-electron chi connectivity index (χ4n) is 3.69. The van der Waals surface area contributed by atoms with Crippen LogP contribution in [0.2, 0.25) is 6.55 Å². The fraction of sp³-hybridized carbons (Fsp3) is 0.172. The zero-order valence-corrected chi connectivity index (χ0v) is 24.9. The van der Waals surface area contributed by atoms with Gasteiger partial charge in [-0.1, -0.05) is 79.2 Å². The van der Waals surface area contributed by atoms with Crippen LogP contribution in [0.1, 0.15) is 22.3 Å². The van der Waals surface area contributed by atoms with Gasteiger partial charge in [0.05, 0.1) is 9.52 Å². The van der Waals surface area contributed by atoms with Gasteiger partial charge in [-0.05, 0) is 13.8 Å². The van der Waals surface area contributed by atoms with Crippen molar-refractivity contribution in [2.45, 2.75) is 34.2 Å². The first kappa shape index (κ1) is 27.8. The Bertz CT molecular complexity index is 1160. The van der Waals surface area contributed by atoms with Gasteiger partial charge in [0.2, 0.25) is 0 Å². The predicted octanol–water partition coefficient (Wildman–Crippen LogP) is 8.79. The van der Waals surface area contributed by atoms with E-state index in [1.807, 2.05) is 6.07 Å². The molecule has 0 nitrogen and oxygen atoms in total. The van der Waals surface area contributed by atoms with Crippen LogP contribution >= 0.6 is 17.0 Å². The quantitative estimate of drug-likeness (QED) is 0.140. The summed E-state index contributed by atoms with van der Waals surface area (Å²) in [6, 6.07) is 32.3. The molecular weight excluding hydrogens is 539 g/mol. The Morgan fingerprint density at radius 1 is 0.636 bits per heavy atom. The average molecular weight is 569 g/mol. The molecular formula is C29H30Cl2SiZr. The first-order valence-electron chi connectivity index (χ1n) is 10.8. The van der Waals surface area contributed by atoms with Crippen molar-refractivity contribution in [1.82, 2.24) is 0 Å². The second kappa shape index (κ2) is 14.7. The van der Waals surface area contributed by atoms with Crippen molar-refractivity contribution in [2.24, 2.45) is 0 Å². The number of halogens is 2. The van der Waals surface area contributed by atoms with Crippen molar-refractivity contribution < 1.29 is 20.8 Å². The minimum absolute atomic E-state index is 0.826. The van der Waals surface area contributed by atoms with Crippen LogP contribution in [0.15, 0.2) is 91.0 Å². The summed E-state index contributed by atoms with van der Waals surface area (Å²) in [5, 5.41) is 6.95. The predicted molar refractivity (Wildman–Crippen MR) is 147 cm³/mol. The first-order valence-corrected chi connectivity index (χ1v) is 18.7. The van der Waals surface area contributed by atoms with E-state index in [-0.39, 0.29) is 0 Å². The molecule has 0 fully saturated rings. The van der Waals surface area contributed by atoms with Gasteiger partial charge in [0.25, 0.3) is 0 Å². The van der Waals surface area contributed by atoms with Gasteiger partial charge in [-0.25, -0.2) is 0 Å². The molecule has 0 aromatic heterocycles. The molecule has 2 radical (unpaired) electrons. The Morgan fingerprint density at radius 2 is 1.06 bits per heavy atom. The molecule has 0 aliphatic heterocycles. The van der Waals surface area contributed by atoms with Crippen LogP contribution < -0.4 is 5.19 Å².